The number of rotatable bonds is 9. The van der Waals surface area contributed by atoms with Crippen molar-refractivity contribution in [1.29, 1.82) is 5.26 Å². The number of halogens is 2. The summed E-state index contributed by atoms with van der Waals surface area (Å²) in [5, 5.41) is 15.8. The maximum atomic E-state index is 12.8. The molecule has 3 N–H and O–H groups in total. The first-order valence-corrected chi connectivity index (χ1v) is 15.2. The number of urea groups is 1. The van der Waals surface area contributed by atoms with Crippen LogP contribution in [0.1, 0.15) is 36.8 Å². The Hall–Kier alpha value is -3.13. The number of hydrogen-bond acceptors (Lipinski definition) is 4. The third-order valence-corrected chi connectivity index (χ3v) is 9.14. The molecular formula is C29H31Cl2N5O3S. The van der Waals surface area contributed by atoms with E-state index >= 15 is 0 Å². The highest BCUT2D eigenvalue weighted by molar-refractivity contribution is 7.87. The van der Waals surface area contributed by atoms with Gasteiger partial charge in [-0.05, 0) is 65.8 Å². The summed E-state index contributed by atoms with van der Waals surface area (Å²) in [4.78, 5) is 12.8. The summed E-state index contributed by atoms with van der Waals surface area (Å²) in [6.45, 7) is 3.26. The van der Waals surface area contributed by atoms with Gasteiger partial charge in [-0.2, -0.15) is 18.0 Å². The van der Waals surface area contributed by atoms with Gasteiger partial charge in [0.15, 0.2) is 0 Å². The van der Waals surface area contributed by atoms with Crippen molar-refractivity contribution in [3.63, 3.8) is 0 Å². The molecule has 0 aliphatic carbocycles. The van der Waals surface area contributed by atoms with Crippen molar-refractivity contribution in [2.75, 3.05) is 31.5 Å². The molecule has 0 bridgehead atoms. The Labute approximate surface area is 245 Å². The predicted octanol–water partition coefficient (Wildman–Crippen LogP) is 6.00. The van der Waals surface area contributed by atoms with Gasteiger partial charge in [-0.1, -0.05) is 66.5 Å². The summed E-state index contributed by atoms with van der Waals surface area (Å²) >= 11 is 12.1. The number of amides is 2. The highest BCUT2D eigenvalue weighted by atomic mass is 35.5. The lowest BCUT2D eigenvalue weighted by atomic mass is 9.80. The fourth-order valence-electron chi connectivity index (χ4n) is 5.04. The van der Waals surface area contributed by atoms with Crippen LogP contribution in [0, 0.1) is 17.2 Å². The Morgan fingerprint density at radius 3 is 2.33 bits per heavy atom. The lowest BCUT2D eigenvalue weighted by molar-refractivity contribution is 0.232. The molecule has 1 unspecified atom stereocenters. The predicted molar refractivity (Wildman–Crippen MR) is 160 cm³/mol. The quantitative estimate of drug-likeness (QED) is 0.279. The standard InChI is InChI=1S/C29H31Cl2N5O3S/c1-2-34-40(38,39)36-12-10-23(11-13-36)28(19-33-29(37)35-27-16-25(30)15-26(31)17-27)22-8-6-21(7-9-22)24-5-3-4-20(14-24)18-32/h3-9,14-17,23,28,34H,2,10-13,19H2,1H3,(H2,33,35,37). The Bertz CT molecular complexity index is 1460. The van der Waals surface area contributed by atoms with Crippen LogP contribution in [0.25, 0.3) is 11.1 Å². The van der Waals surface area contributed by atoms with Crippen LogP contribution in [0.4, 0.5) is 10.5 Å². The zero-order valence-corrected chi connectivity index (χ0v) is 24.4. The molecule has 11 heteroatoms. The molecule has 1 saturated heterocycles. The minimum atomic E-state index is -3.50. The van der Waals surface area contributed by atoms with E-state index in [1.54, 1.807) is 31.2 Å². The van der Waals surface area contributed by atoms with Crippen LogP contribution in [-0.4, -0.2) is 44.9 Å². The molecule has 0 spiro atoms. The molecule has 1 aliphatic heterocycles. The number of nitrogens with zero attached hydrogens (tertiary/aromatic N) is 2. The van der Waals surface area contributed by atoms with Gasteiger partial charge in [0.25, 0.3) is 10.2 Å². The molecular weight excluding hydrogens is 569 g/mol. The van der Waals surface area contributed by atoms with Gasteiger partial charge >= 0.3 is 6.03 Å². The molecule has 1 heterocycles. The van der Waals surface area contributed by atoms with E-state index in [1.807, 2.05) is 42.5 Å². The molecule has 3 aromatic carbocycles. The monoisotopic (exact) mass is 599 g/mol. The third kappa shape index (κ3) is 7.74. The third-order valence-electron chi connectivity index (χ3n) is 7.00. The zero-order chi connectivity index (χ0) is 28.7. The Morgan fingerprint density at radius 2 is 1.70 bits per heavy atom. The number of piperidine rings is 1. The molecule has 0 aromatic heterocycles. The van der Waals surface area contributed by atoms with Gasteiger partial charge in [-0.25, -0.2) is 9.52 Å². The molecule has 1 aliphatic rings. The van der Waals surface area contributed by atoms with E-state index in [0.717, 1.165) is 16.7 Å². The van der Waals surface area contributed by atoms with E-state index in [1.165, 1.54) is 4.31 Å². The van der Waals surface area contributed by atoms with Gasteiger partial charge in [0.05, 0.1) is 11.6 Å². The highest BCUT2D eigenvalue weighted by Crippen LogP contribution is 2.34. The van der Waals surface area contributed by atoms with Gasteiger partial charge in [0.2, 0.25) is 0 Å². The van der Waals surface area contributed by atoms with E-state index in [0.29, 0.717) is 60.3 Å². The molecule has 0 saturated carbocycles. The summed E-state index contributed by atoms with van der Waals surface area (Å²) in [7, 11) is -3.50. The van der Waals surface area contributed by atoms with Crippen molar-refractivity contribution >= 4 is 45.1 Å². The summed E-state index contributed by atoms with van der Waals surface area (Å²) in [6.07, 6.45) is 1.32. The highest BCUT2D eigenvalue weighted by Gasteiger charge is 2.32. The van der Waals surface area contributed by atoms with Crippen LogP contribution in [0.2, 0.25) is 10.0 Å². The van der Waals surface area contributed by atoms with Crippen LogP contribution in [0.5, 0.6) is 0 Å². The first-order chi connectivity index (χ1) is 19.2. The largest absolute Gasteiger partial charge is 0.337 e. The molecule has 3 aromatic rings. The van der Waals surface area contributed by atoms with Gasteiger partial charge in [-0.15, -0.1) is 0 Å². The zero-order valence-electron chi connectivity index (χ0n) is 22.0. The van der Waals surface area contributed by atoms with Crippen molar-refractivity contribution < 1.29 is 13.2 Å². The van der Waals surface area contributed by atoms with Crippen molar-refractivity contribution in [1.82, 2.24) is 14.3 Å². The fraction of sp³-hybridized carbons (Fsp3) is 0.310. The van der Waals surface area contributed by atoms with Crippen LogP contribution in [0.3, 0.4) is 0 Å². The summed E-state index contributed by atoms with van der Waals surface area (Å²) < 4.78 is 29.0. The molecule has 2 amide bonds. The molecule has 40 heavy (non-hydrogen) atoms. The second-order valence-corrected chi connectivity index (χ2v) is 12.3. The molecule has 8 nitrogen and oxygen atoms in total. The smallest absolute Gasteiger partial charge is 0.319 e. The average Bonchev–Trinajstić information content (AvgIpc) is 2.93. The first kappa shape index (κ1) is 29.8. The molecule has 0 radical (unpaired) electrons. The van der Waals surface area contributed by atoms with Gasteiger partial charge < -0.3 is 10.6 Å². The second-order valence-electron chi connectivity index (χ2n) is 9.65. The Kier molecular flexibility index (Phi) is 10.1. The maximum Gasteiger partial charge on any atom is 0.319 e. The summed E-state index contributed by atoms with van der Waals surface area (Å²) in [5.74, 6) is 0.110. The van der Waals surface area contributed by atoms with Crippen molar-refractivity contribution in [3.05, 3.63) is 87.9 Å². The number of hydrogen-bond donors (Lipinski definition) is 3. The van der Waals surface area contributed by atoms with Gasteiger partial charge in [0.1, 0.15) is 0 Å². The summed E-state index contributed by atoms with van der Waals surface area (Å²) in [5.41, 5.74) is 4.04. The topological polar surface area (TPSA) is 114 Å². The van der Waals surface area contributed by atoms with Crippen LogP contribution in [-0.2, 0) is 10.2 Å². The minimum Gasteiger partial charge on any atom is -0.337 e. The normalized spacial score (nSPS) is 15.2. The van der Waals surface area contributed by atoms with E-state index in [4.69, 9.17) is 23.2 Å². The number of nitrogens with one attached hydrogen (secondary N) is 3. The molecule has 210 valence electrons. The number of anilines is 1. The SMILES string of the molecule is CCNS(=O)(=O)N1CCC(C(CNC(=O)Nc2cc(Cl)cc(Cl)c2)c2ccc(-c3cccc(C#N)c3)cc2)CC1. The van der Waals surface area contributed by atoms with Crippen LogP contribution < -0.4 is 15.4 Å². The lowest BCUT2D eigenvalue weighted by Gasteiger charge is -2.35. The van der Waals surface area contributed by atoms with Crippen LogP contribution in [0.15, 0.2) is 66.7 Å². The second kappa shape index (κ2) is 13.5. The molecule has 1 fully saturated rings. The summed E-state index contributed by atoms with van der Waals surface area (Å²) in [6, 6.07) is 22.1. The average molecular weight is 601 g/mol. The maximum absolute atomic E-state index is 12.8. The lowest BCUT2D eigenvalue weighted by Crippen LogP contribution is -2.46. The van der Waals surface area contributed by atoms with Gasteiger partial charge in [-0.3, -0.25) is 0 Å². The van der Waals surface area contributed by atoms with E-state index < -0.39 is 10.2 Å². The number of carbonyl (C=O) groups excluding carboxylic acids is 1. The van der Waals surface area contributed by atoms with Gasteiger partial charge in [0, 0.05) is 47.8 Å². The minimum absolute atomic E-state index is 0.0443. The van der Waals surface area contributed by atoms with Crippen molar-refractivity contribution in [2.24, 2.45) is 5.92 Å². The number of carbonyl (C=O) groups is 1. The van der Waals surface area contributed by atoms with E-state index in [2.05, 4.69) is 21.4 Å². The van der Waals surface area contributed by atoms with Crippen molar-refractivity contribution in [2.45, 2.75) is 25.7 Å². The van der Waals surface area contributed by atoms with E-state index in [9.17, 15) is 18.5 Å². The Balaban J connectivity index is 1.51. The number of nitriles is 1. The fourth-order valence-corrected chi connectivity index (χ4v) is 6.81. The Morgan fingerprint density at radius 1 is 1.02 bits per heavy atom. The molecule has 1 atom stereocenters. The molecule has 4 rings (SSSR count). The first-order valence-electron chi connectivity index (χ1n) is 13.0. The van der Waals surface area contributed by atoms with Crippen molar-refractivity contribution in [3.8, 4) is 17.2 Å². The van der Waals surface area contributed by atoms with Crippen LogP contribution >= 0.6 is 23.2 Å². The van der Waals surface area contributed by atoms with E-state index in [-0.39, 0.29) is 17.9 Å². The number of benzene rings is 3.